The third-order valence-corrected chi connectivity index (χ3v) is 6.04. The highest BCUT2D eigenvalue weighted by atomic mass is 32.2. The van der Waals surface area contributed by atoms with Gasteiger partial charge in [-0.25, -0.2) is 13.8 Å². The summed E-state index contributed by atoms with van der Waals surface area (Å²) < 4.78 is 28.1. The second-order valence-corrected chi connectivity index (χ2v) is 7.50. The summed E-state index contributed by atoms with van der Waals surface area (Å²) in [6.07, 6.45) is 1.56. The quantitative estimate of drug-likeness (QED) is 0.735. The lowest BCUT2D eigenvalue weighted by Gasteiger charge is -2.46. The van der Waals surface area contributed by atoms with E-state index in [1.165, 1.54) is 30.0 Å². The Bertz CT molecular complexity index is 780. The highest BCUT2D eigenvalue weighted by molar-refractivity contribution is 8.14. The molecule has 0 aliphatic carbocycles. The maximum atomic E-state index is 14.5. The maximum Gasteiger partial charge on any atom is 0.155 e. The Balaban J connectivity index is 2.23. The molecule has 2 aromatic rings. The van der Waals surface area contributed by atoms with Gasteiger partial charge in [-0.2, -0.15) is 15.4 Å². The minimum atomic E-state index is -1.48. The van der Waals surface area contributed by atoms with Crippen LogP contribution >= 0.6 is 11.8 Å². The van der Waals surface area contributed by atoms with E-state index in [9.17, 15) is 8.78 Å². The van der Waals surface area contributed by atoms with Crippen molar-refractivity contribution in [1.29, 1.82) is 0 Å². The molecule has 0 unspecified atom stereocenters. The predicted molar refractivity (Wildman–Crippen MR) is 90.6 cm³/mol. The molecule has 1 aromatic heterocycles. The Morgan fingerprint density at radius 3 is 2.75 bits per heavy atom. The number of aromatic nitrogens is 3. The van der Waals surface area contributed by atoms with Gasteiger partial charge in [-0.1, -0.05) is 18.7 Å². The van der Waals surface area contributed by atoms with Crippen LogP contribution in [0.3, 0.4) is 0 Å². The zero-order valence-corrected chi connectivity index (χ0v) is 14.1. The average molecular weight is 352 g/mol. The number of thioether (sulfide) groups is 1. The lowest BCUT2D eigenvalue weighted by molar-refractivity contribution is 0.181. The number of anilines is 1. The summed E-state index contributed by atoms with van der Waals surface area (Å²) >= 11 is 1.26. The van der Waals surface area contributed by atoms with Gasteiger partial charge in [-0.15, -0.1) is 0 Å². The van der Waals surface area contributed by atoms with E-state index in [2.05, 4.69) is 20.4 Å². The molecule has 5 N–H and O–H groups in total. The molecule has 0 radical (unpaired) electrons. The Morgan fingerprint density at radius 1 is 1.38 bits per heavy atom. The molecule has 0 fully saturated rings. The van der Waals surface area contributed by atoms with Crippen LogP contribution in [0.2, 0.25) is 0 Å². The number of aromatic amines is 1. The lowest BCUT2D eigenvalue weighted by Crippen LogP contribution is -2.50. The summed E-state index contributed by atoms with van der Waals surface area (Å²) in [6.45, 7) is 2.76. The largest absolute Gasteiger partial charge is 0.399 e. The molecule has 0 bridgehead atoms. The van der Waals surface area contributed by atoms with Gasteiger partial charge in [0.15, 0.2) is 5.17 Å². The van der Waals surface area contributed by atoms with Crippen molar-refractivity contribution in [2.45, 2.75) is 24.1 Å². The molecule has 1 aliphatic heterocycles. The highest BCUT2D eigenvalue weighted by Crippen LogP contribution is 2.55. The zero-order chi connectivity index (χ0) is 17.5. The number of nitrogens with one attached hydrogen (secondary N) is 1. The second-order valence-electron chi connectivity index (χ2n) is 6.03. The number of amidine groups is 1. The molecule has 128 valence electrons. The van der Waals surface area contributed by atoms with Crippen LogP contribution in [0.5, 0.6) is 0 Å². The number of H-pyrrole nitrogens is 1. The third kappa shape index (κ3) is 2.34. The van der Waals surface area contributed by atoms with Crippen molar-refractivity contribution in [2.75, 3.05) is 12.4 Å². The molecule has 3 rings (SSSR count). The van der Waals surface area contributed by atoms with E-state index in [1.54, 1.807) is 13.1 Å². The van der Waals surface area contributed by atoms with Gasteiger partial charge in [0, 0.05) is 17.2 Å². The molecular formula is C15H18F2N6S. The van der Waals surface area contributed by atoms with Crippen LogP contribution in [0, 0.1) is 11.7 Å². The monoisotopic (exact) mass is 352 g/mol. The average Bonchev–Trinajstić information content (AvgIpc) is 3.08. The third-order valence-electron chi connectivity index (χ3n) is 4.75. The van der Waals surface area contributed by atoms with Crippen LogP contribution < -0.4 is 11.5 Å². The fourth-order valence-electron chi connectivity index (χ4n) is 3.18. The Morgan fingerprint density at radius 2 is 2.12 bits per heavy atom. The zero-order valence-electron chi connectivity index (χ0n) is 13.3. The van der Waals surface area contributed by atoms with Crippen LogP contribution in [-0.4, -0.2) is 27.3 Å². The fourth-order valence-corrected chi connectivity index (χ4v) is 4.40. The molecule has 0 saturated carbocycles. The maximum absolute atomic E-state index is 14.5. The van der Waals surface area contributed by atoms with Crippen molar-refractivity contribution < 1.29 is 8.78 Å². The summed E-state index contributed by atoms with van der Waals surface area (Å²) in [6, 6.07) is 4.06. The first-order valence-corrected chi connectivity index (χ1v) is 8.17. The summed E-state index contributed by atoms with van der Waals surface area (Å²) in [5, 5.41) is 10.7. The van der Waals surface area contributed by atoms with E-state index < -0.39 is 28.7 Å². The molecule has 0 saturated heterocycles. The molecule has 6 nitrogen and oxygen atoms in total. The first-order chi connectivity index (χ1) is 11.3. The number of nitrogens with zero attached hydrogens (tertiary/aromatic N) is 3. The number of hydrogen-bond donors (Lipinski definition) is 3. The van der Waals surface area contributed by atoms with Crippen LogP contribution in [0.1, 0.15) is 25.1 Å². The molecule has 24 heavy (non-hydrogen) atoms. The number of nitrogens with two attached hydrogens (primary N) is 2. The molecule has 0 spiro atoms. The van der Waals surface area contributed by atoms with Gasteiger partial charge in [0.25, 0.3) is 0 Å². The first-order valence-electron chi connectivity index (χ1n) is 7.35. The van der Waals surface area contributed by atoms with Crippen molar-refractivity contribution in [3.63, 3.8) is 0 Å². The number of nitrogen functional groups attached to an aromatic ring is 1. The normalized spacial score (nSPS) is 30.2. The second kappa shape index (κ2) is 5.73. The van der Waals surface area contributed by atoms with Gasteiger partial charge in [0.2, 0.25) is 0 Å². The fraction of sp³-hybridized carbons (Fsp3) is 0.400. The van der Waals surface area contributed by atoms with Crippen LogP contribution in [-0.2, 0) is 10.3 Å². The Labute approximate surface area is 142 Å². The van der Waals surface area contributed by atoms with E-state index in [-0.39, 0.29) is 10.7 Å². The van der Waals surface area contributed by atoms with Crippen molar-refractivity contribution in [1.82, 2.24) is 15.4 Å². The molecule has 9 heteroatoms. The summed E-state index contributed by atoms with van der Waals surface area (Å²) in [4.78, 5) is 4.32. The number of aliphatic imine (C=N–C) groups is 1. The number of hydrogen-bond acceptors (Lipinski definition) is 6. The lowest BCUT2D eigenvalue weighted by atomic mass is 9.72. The predicted octanol–water partition coefficient (Wildman–Crippen LogP) is 2.30. The molecule has 3 atom stereocenters. The Kier molecular flexibility index (Phi) is 3.98. The van der Waals surface area contributed by atoms with Gasteiger partial charge < -0.3 is 11.5 Å². The topological polar surface area (TPSA) is 106 Å². The van der Waals surface area contributed by atoms with Gasteiger partial charge in [0.05, 0.1) is 16.6 Å². The molecule has 2 heterocycles. The van der Waals surface area contributed by atoms with E-state index in [1.807, 2.05) is 6.92 Å². The van der Waals surface area contributed by atoms with Crippen molar-refractivity contribution in [3.8, 4) is 0 Å². The number of halogens is 2. The van der Waals surface area contributed by atoms with Crippen molar-refractivity contribution in [3.05, 3.63) is 41.5 Å². The summed E-state index contributed by atoms with van der Waals surface area (Å²) in [7, 11) is 0. The van der Waals surface area contributed by atoms with E-state index in [0.717, 1.165) is 0 Å². The Hall–Kier alpha value is -2.16. The van der Waals surface area contributed by atoms with Crippen LogP contribution in [0.4, 0.5) is 14.5 Å². The summed E-state index contributed by atoms with van der Waals surface area (Å²) in [5.41, 5.74) is 11.3. The van der Waals surface area contributed by atoms with E-state index >= 15 is 0 Å². The number of rotatable bonds is 3. The highest BCUT2D eigenvalue weighted by Gasteiger charge is 2.54. The van der Waals surface area contributed by atoms with E-state index in [0.29, 0.717) is 11.4 Å². The molecular weight excluding hydrogens is 334 g/mol. The number of benzene rings is 1. The van der Waals surface area contributed by atoms with Gasteiger partial charge in [-0.3, -0.25) is 0 Å². The van der Waals surface area contributed by atoms with Gasteiger partial charge in [0.1, 0.15) is 18.0 Å². The van der Waals surface area contributed by atoms with E-state index in [4.69, 9.17) is 11.5 Å². The van der Waals surface area contributed by atoms with Crippen LogP contribution in [0.25, 0.3) is 0 Å². The van der Waals surface area contributed by atoms with Crippen molar-refractivity contribution >= 4 is 22.6 Å². The number of alkyl halides is 1. The molecule has 0 amide bonds. The minimum Gasteiger partial charge on any atom is -0.399 e. The van der Waals surface area contributed by atoms with Gasteiger partial charge >= 0.3 is 0 Å². The van der Waals surface area contributed by atoms with Crippen molar-refractivity contribution in [2.24, 2.45) is 16.6 Å². The molecule has 1 aromatic carbocycles. The molecule has 1 aliphatic rings. The minimum absolute atomic E-state index is 0.0930. The summed E-state index contributed by atoms with van der Waals surface area (Å²) in [5.74, 6) is -1.03. The first kappa shape index (κ1) is 16.7. The SMILES string of the molecule is C[C@H]1[C@@](CF)(c2cc(N)ccc2F)N=C(N)S[C@]1(C)c1cn[nH]n1. The standard InChI is InChI=1S/C15H18F2N6S/c1-8-14(2,12-6-20-23-22-12)24-13(19)21-15(8,7-16)10-5-9(18)3-4-11(10)17/h3-6,8H,7,18H2,1-2H3,(H2,19,21)(H,20,22,23)/t8-,14+,15+/m1/s1. The smallest absolute Gasteiger partial charge is 0.155 e. The van der Waals surface area contributed by atoms with Gasteiger partial charge in [-0.05, 0) is 25.1 Å². The van der Waals surface area contributed by atoms with Crippen LogP contribution in [0.15, 0.2) is 29.4 Å².